The van der Waals surface area contributed by atoms with Crippen molar-refractivity contribution in [2.45, 2.75) is 42.8 Å². The molecule has 0 saturated heterocycles. The van der Waals surface area contributed by atoms with Crippen LogP contribution in [0.5, 0.6) is 0 Å². The zero-order valence-corrected chi connectivity index (χ0v) is 10.7. The molecular weight excluding hydrogens is 214 g/mol. The minimum Gasteiger partial charge on any atom is -0.311 e. The van der Waals surface area contributed by atoms with Crippen molar-refractivity contribution in [2.75, 3.05) is 6.54 Å². The Morgan fingerprint density at radius 1 is 1.57 bits per heavy atom. The van der Waals surface area contributed by atoms with Gasteiger partial charge in [0.25, 0.3) is 0 Å². The maximum atomic E-state index is 4.00. The maximum absolute atomic E-state index is 4.00. The highest BCUT2D eigenvalue weighted by molar-refractivity contribution is 8.01. The second-order valence-corrected chi connectivity index (χ2v) is 6.78. The van der Waals surface area contributed by atoms with E-state index in [-0.39, 0.29) is 5.54 Å². The van der Waals surface area contributed by atoms with E-state index in [4.69, 9.17) is 0 Å². The highest BCUT2D eigenvalue weighted by atomic mass is 32.2. The Labute approximate surface area is 93.7 Å². The molecule has 1 rings (SSSR count). The summed E-state index contributed by atoms with van der Waals surface area (Å²) in [6.07, 6.45) is 0. The summed E-state index contributed by atoms with van der Waals surface area (Å²) in [4.78, 5) is 0. The molecule has 0 saturated carbocycles. The van der Waals surface area contributed by atoms with Crippen LogP contribution in [-0.2, 0) is 0 Å². The van der Waals surface area contributed by atoms with Gasteiger partial charge in [-0.3, -0.25) is 0 Å². The molecule has 14 heavy (non-hydrogen) atoms. The molecule has 1 unspecified atom stereocenters. The summed E-state index contributed by atoms with van der Waals surface area (Å²) in [6, 6.07) is 0. The van der Waals surface area contributed by atoms with Gasteiger partial charge in [0.2, 0.25) is 0 Å². The molecule has 1 aromatic heterocycles. The summed E-state index contributed by atoms with van der Waals surface area (Å²) in [5.41, 5.74) is 1.96. The second kappa shape index (κ2) is 5.09. The third-order valence-electron chi connectivity index (χ3n) is 1.56. The average molecular weight is 231 g/mol. The molecule has 1 atom stereocenters. The Bertz CT molecular complexity index is 254. The minimum atomic E-state index is 0.190. The van der Waals surface area contributed by atoms with Crippen molar-refractivity contribution in [3.8, 4) is 0 Å². The van der Waals surface area contributed by atoms with Crippen molar-refractivity contribution in [2.24, 2.45) is 0 Å². The van der Waals surface area contributed by atoms with E-state index in [9.17, 15) is 0 Å². The van der Waals surface area contributed by atoms with Gasteiger partial charge in [-0.05, 0) is 20.8 Å². The Morgan fingerprint density at radius 2 is 2.29 bits per heavy atom. The second-order valence-electron chi connectivity index (χ2n) is 4.26. The number of nitrogens with one attached hydrogen (secondary N) is 1. The third kappa shape index (κ3) is 4.93. The molecule has 0 fully saturated rings. The first-order chi connectivity index (χ1) is 6.47. The molecule has 0 aromatic carbocycles. The van der Waals surface area contributed by atoms with Crippen molar-refractivity contribution in [3.05, 3.63) is 5.51 Å². The Balaban J connectivity index is 2.26. The smallest absolute Gasteiger partial charge is 0.174 e. The van der Waals surface area contributed by atoms with Gasteiger partial charge in [0.1, 0.15) is 5.51 Å². The molecule has 0 aliphatic carbocycles. The molecule has 0 aliphatic heterocycles. The van der Waals surface area contributed by atoms with Gasteiger partial charge in [-0.15, -0.1) is 10.2 Å². The Morgan fingerprint density at radius 3 is 2.79 bits per heavy atom. The van der Waals surface area contributed by atoms with E-state index in [0.717, 1.165) is 10.9 Å². The van der Waals surface area contributed by atoms with E-state index < -0.39 is 0 Å². The first-order valence-corrected chi connectivity index (χ1v) is 6.41. The summed E-state index contributed by atoms with van der Waals surface area (Å²) in [7, 11) is 0. The first kappa shape index (κ1) is 11.9. The van der Waals surface area contributed by atoms with Crippen molar-refractivity contribution in [1.29, 1.82) is 0 Å². The van der Waals surface area contributed by atoms with Gasteiger partial charge in [-0.25, -0.2) is 0 Å². The molecule has 80 valence electrons. The number of aromatic nitrogens is 2. The largest absolute Gasteiger partial charge is 0.311 e. The van der Waals surface area contributed by atoms with Crippen LogP contribution in [0.25, 0.3) is 0 Å². The molecule has 0 aliphatic rings. The maximum Gasteiger partial charge on any atom is 0.174 e. The van der Waals surface area contributed by atoms with Crippen molar-refractivity contribution in [1.82, 2.24) is 15.5 Å². The highest BCUT2D eigenvalue weighted by Crippen LogP contribution is 2.23. The zero-order valence-electron chi connectivity index (χ0n) is 9.07. The lowest BCUT2D eigenvalue weighted by molar-refractivity contribution is 0.429. The lowest BCUT2D eigenvalue weighted by Crippen LogP contribution is -2.39. The predicted octanol–water partition coefficient (Wildman–Crippen LogP) is 2.41. The fourth-order valence-electron chi connectivity index (χ4n) is 0.878. The van der Waals surface area contributed by atoms with Crippen LogP contribution in [0.15, 0.2) is 9.85 Å². The first-order valence-electron chi connectivity index (χ1n) is 4.65. The van der Waals surface area contributed by atoms with Crippen LogP contribution in [-0.4, -0.2) is 27.5 Å². The van der Waals surface area contributed by atoms with E-state index >= 15 is 0 Å². The number of thioether (sulfide) groups is 1. The molecule has 1 heterocycles. The third-order valence-corrected chi connectivity index (χ3v) is 3.47. The van der Waals surface area contributed by atoms with Crippen LogP contribution in [0, 0.1) is 0 Å². The molecular formula is C9H17N3S2. The molecule has 3 nitrogen and oxygen atoms in total. The number of rotatable bonds is 4. The number of hydrogen-bond acceptors (Lipinski definition) is 5. The highest BCUT2D eigenvalue weighted by Gasteiger charge is 2.12. The van der Waals surface area contributed by atoms with Gasteiger partial charge in [-0.2, -0.15) is 0 Å². The fourth-order valence-corrected chi connectivity index (χ4v) is 2.61. The molecule has 1 N–H and O–H groups in total. The summed E-state index contributed by atoms with van der Waals surface area (Å²) >= 11 is 3.37. The molecule has 1 aromatic rings. The van der Waals surface area contributed by atoms with E-state index in [1.165, 1.54) is 0 Å². The Kier molecular flexibility index (Phi) is 4.34. The van der Waals surface area contributed by atoms with E-state index in [1.807, 2.05) is 0 Å². The monoisotopic (exact) mass is 231 g/mol. The molecule has 5 heteroatoms. The summed E-state index contributed by atoms with van der Waals surface area (Å²) in [5.74, 6) is 0. The Hall–Kier alpha value is -0.130. The van der Waals surface area contributed by atoms with Crippen LogP contribution in [0.3, 0.4) is 0 Å². The summed E-state index contributed by atoms with van der Waals surface area (Å²) in [6.45, 7) is 9.72. The van der Waals surface area contributed by atoms with Crippen molar-refractivity contribution in [3.63, 3.8) is 0 Å². The lowest BCUT2D eigenvalue weighted by Gasteiger charge is -2.22. The molecule has 0 amide bonds. The SMILES string of the molecule is CC(CNC(C)(C)C)Sc1nncs1. The van der Waals surface area contributed by atoms with E-state index in [1.54, 1.807) is 28.6 Å². The van der Waals surface area contributed by atoms with Crippen molar-refractivity contribution < 1.29 is 0 Å². The van der Waals surface area contributed by atoms with Crippen LogP contribution >= 0.6 is 23.1 Å². The van der Waals surface area contributed by atoms with Gasteiger partial charge in [0.15, 0.2) is 4.34 Å². The quantitative estimate of drug-likeness (QED) is 0.808. The van der Waals surface area contributed by atoms with Crippen LogP contribution in [0.2, 0.25) is 0 Å². The van der Waals surface area contributed by atoms with Gasteiger partial charge < -0.3 is 5.32 Å². The zero-order chi connectivity index (χ0) is 10.6. The fraction of sp³-hybridized carbons (Fsp3) is 0.778. The van der Waals surface area contributed by atoms with Gasteiger partial charge in [-0.1, -0.05) is 30.0 Å². The average Bonchev–Trinajstić information content (AvgIpc) is 2.52. The topological polar surface area (TPSA) is 37.8 Å². The van der Waals surface area contributed by atoms with Crippen LogP contribution in [0.1, 0.15) is 27.7 Å². The standard InChI is InChI=1S/C9H17N3S2/c1-7(5-10-9(2,3)4)14-8-12-11-6-13-8/h6-7,10H,5H2,1-4H3. The predicted molar refractivity (Wildman–Crippen MR) is 63.0 cm³/mol. The molecule has 0 radical (unpaired) electrons. The lowest BCUT2D eigenvalue weighted by atomic mass is 10.1. The van der Waals surface area contributed by atoms with Crippen LogP contribution < -0.4 is 5.32 Å². The molecule has 0 bridgehead atoms. The number of nitrogens with zero attached hydrogens (tertiary/aromatic N) is 2. The van der Waals surface area contributed by atoms with E-state index in [2.05, 4.69) is 43.2 Å². The van der Waals surface area contributed by atoms with E-state index in [0.29, 0.717) is 5.25 Å². The summed E-state index contributed by atoms with van der Waals surface area (Å²) < 4.78 is 1.05. The summed E-state index contributed by atoms with van der Waals surface area (Å²) in [5, 5.41) is 11.8. The van der Waals surface area contributed by atoms with Gasteiger partial charge >= 0.3 is 0 Å². The number of hydrogen-bond donors (Lipinski definition) is 1. The van der Waals surface area contributed by atoms with Crippen LogP contribution in [0.4, 0.5) is 0 Å². The van der Waals surface area contributed by atoms with Crippen molar-refractivity contribution >= 4 is 23.1 Å². The van der Waals surface area contributed by atoms with Gasteiger partial charge in [0.05, 0.1) is 0 Å². The molecule has 0 spiro atoms. The van der Waals surface area contributed by atoms with Gasteiger partial charge in [0, 0.05) is 17.3 Å². The minimum absolute atomic E-state index is 0.190. The normalized spacial score (nSPS) is 14.3.